The lowest BCUT2D eigenvalue weighted by molar-refractivity contribution is 0.0963. The maximum Gasteiger partial charge on any atom is 0.321 e. The van der Waals surface area contributed by atoms with E-state index in [2.05, 4.69) is 26.6 Å². The average Bonchev–Trinajstić information content (AvgIpc) is 2.56. The first-order valence-electron chi connectivity index (χ1n) is 7.19. The molecular weight excluding hydrogens is 394 g/mol. The normalized spacial score (nSPS) is 10.2. The predicted molar refractivity (Wildman–Crippen MR) is 99.5 cm³/mol. The highest BCUT2D eigenvalue weighted by Gasteiger charge is 2.13. The van der Waals surface area contributed by atoms with E-state index in [0.717, 1.165) is 10.0 Å². The molecule has 24 heavy (non-hydrogen) atoms. The third kappa shape index (κ3) is 4.49. The minimum Gasteiger partial charge on any atom is -0.355 e. The van der Waals surface area contributed by atoms with Gasteiger partial charge in [-0.1, -0.05) is 45.7 Å². The van der Waals surface area contributed by atoms with Gasteiger partial charge < -0.3 is 15.5 Å². The molecule has 7 heteroatoms. The Hall–Kier alpha value is -2.05. The molecule has 0 aliphatic heterocycles. The van der Waals surface area contributed by atoms with Crippen molar-refractivity contribution < 1.29 is 9.59 Å². The summed E-state index contributed by atoms with van der Waals surface area (Å²) in [6.07, 6.45) is 0. The molecule has 0 heterocycles. The highest BCUT2D eigenvalue weighted by atomic mass is 79.9. The number of nitrogens with zero attached hydrogens (tertiary/aromatic N) is 1. The molecule has 3 amide bonds. The van der Waals surface area contributed by atoms with Crippen LogP contribution in [0.3, 0.4) is 0 Å². The van der Waals surface area contributed by atoms with Gasteiger partial charge in [-0.25, -0.2) is 4.79 Å². The molecule has 0 aliphatic rings. The highest BCUT2D eigenvalue weighted by molar-refractivity contribution is 9.10. The zero-order chi connectivity index (χ0) is 17.7. The van der Waals surface area contributed by atoms with E-state index in [-0.39, 0.29) is 17.0 Å². The quantitative estimate of drug-likeness (QED) is 0.796. The van der Waals surface area contributed by atoms with Crippen LogP contribution in [0, 0.1) is 0 Å². The van der Waals surface area contributed by atoms with Gasteiger partial charge >= 0.3 is 6.03 Å². The fourth-order valence-electron chi connectivity index (χ4n) is 2.08. The first kappa shape index (κ1) is 18.3. The highest BCUT2D eigenvalue weighted by Crippen LogP contribution is 2.22. The van der Waals surface area contributed by atoms with E-state index < -0.39 is 0 Å². The van der Waals surface area contributed by atoms with Gasteiger partial charge in [0, 0.05) is 30.8 Å². The van der Waals surface area contributed by atoms with Gasteiger partial charge in [-0.2, -0.15) is 0 Å². The zero-order valence-corrected chi connectivity index (χ0v) is 15.6. The lowest BCUT2D eigenvalue weighted by Gasteiger charge is -2.19. The van der Waals surface area contributed by atoms with E-state index in [9.17, 15) is 9.59 Å². The topological polar surface area (TPSA) is 61.4 Å². The third-order valence-corrected chi connectivity index (χ3v) is 4.49. The van der Waals surface area contributed by atoms with Gasteiger partial charge in [0.05, 0.1) is 10.6 Å². The average molecular weight is 411 g/mol. The number of hydrogen-bond acceptors (Lipinski definition) is 2. The molecule has 0 unspecified atom stereocenters. The number of hydrogen-bond donors (Lipinski definition) is 2. The second kappa shape index (κ2) is 8.17. The van der Waals surface area contributed by atoms with Gasteiger partial charge in [0.25, 0.3) is 5.91 Å². The van der Waals surface area contributed by atoms with Crippen molar-refractivity contribution in [3.8, 4) is 0 Å². The Balaban J connectivity index is 2.05. The Bertz CT molecular complexity index is 767. The van der Waals surface area contributed by atoms with E-state index in [0.29, 0.717) is 17.8 Å². The summed E-state index contributed by atoms with van der Waals surface area (Å²) in [5, 5.41) is 5.55. The second-order valence-electron chi connectivity index (χ2n) is 5.15. The molecule has 0 radical (unpaired) electrons. The molecule has 2 aromatic rings. The SMILES string of the molecule is CNC(=O)c1ccc(NC(=O)N(C)Cc2ccccc2Br)cc1Cl. The molecule has 2 aromatic carbocycles. The van der Waals surface area contributed by atoms with Gasteiger partial charge in [-0.3, -0.25) is 4.79 Å². The number of urea groups is 1. The fourth-order valence-corrected chi connectivity index (χ4v) is 2.76. The molecule has 126 valence electrons. The van der Waals surface area contributed by atoms with Crippen molar-refractivity contribution in [1.29, 1.82) is 0 Å². The van der Waals surface area contributed by atoms with Gasteiger partial charge in [0.1, 0.15) is 0 Å². The third-order valence-electron chi connectivity index (χ3n) is 3.40. The van der Waals surface area contributed by atoms with Crippen LogP contribution in [0.25, 0.3) is 0 Å². The first-order valence-corrected chi connectivity index (χ1v) is 8.36. The number of carbonyl (C=O) groups excluding carboxylic acids is 2. The Morgan fingerprint density at radius 1 is 1.21 bits per heavy atom. The van der Waals surface area contributed by atoms with E-state index in [4.69, 9.17) is 11.6 Å². The molecule has 2 N–H and O–H groups in total. The summed E-state index contributed by atoms with van der Waals surface area (Å²) in [7, 11) is 3.24. The van der Waals surface area contributed by atoms with E-state index in [1.54, 1.807) is 30.1 Å². The molecule has 0 spiro atoms. The number of nitrogens with one attached hydrogen (secondary N) is 2. The first-order chi connectivity index (χ1) is 11.4. The van der Waals surface area contributed by atoms with Crippen LogP contribution in [0.1, 0.15) is 15.9 Å². The number of benzene rings is 2. The van der Waals surface area contributed by atoms with Crippen LogP contribution >= 0.6 is 27.5 Å². The lowest BCUT2D eigenvalue weighted by Crippen LogP contribution is -2.31. The van der Waals surface area contributed by atoms with Crippen molar-refractivity contribution in [3.63, 3.8) is 0 Å². The van der Waals surface area contributed by atoms with E-state index >= 15 is 0 Å². The summed E-state index contributed by atoms with van der Waals surface area (Å²) in [5.41, 5.74) is 1.89. The Kier molecular flexibility index (Phi) is 6.23. The lowest BCUT2D eigenvalue weighted by atomic mass is 10.2. The fraction of sp³-hybridized carbons (Fsp3) is 0.176. The van der Waals surface area contributed by atoms with Crippen LogP contribution in [0.2, 0.25) is 5.02 Å². The summed E-state index contributed by atoms with van der Waals surface area (Å²) in [4.78, 5) is 25.5. The Labute approximate surface area is 154 Å². The van der Waals surface area contributed by atoms with Crippen molar-refractivity contribution in [3.05, 3.63) is 63.1 Å². The minimum absolute atomic E-state index is 0.269. The molecule has 0 atom stereocenters. The van der Waals surface area contributed by atoms with Crippen LogP contribution in [0.5, 0.6) is 0 Å². The van der Waals surface area contributed by atoms with Gasteiger partial charge in [-0.05, 0) is 29.8 Å². The predicted octanol–water partition coefficient (Wildman–Crippen LogP) is 4.13. The standard InChI is InChI=1S/C17H17BrClN3O2/c1-20-16(23)13-8-7-12(9-15(13)19)21-17(24)22(2)10-11-5-3-4-6-14(11)18/h3-9H,10H2,1-2H3,(H,20,23)(H,21,24). The van der Waals surface area contributed by atoms with Gasteiger partial charge in [0.2, 0.25) is 0 Å². The van der Waals surface area contributed by atoms with Crippen LogP contribution in [0.15, 0.2) is 46.9 Å². The van der Waals surface area contributed by atoms with Gasteiger partial charge in [-0.15, -0.1) is 0 Å². The van der Waals surface area contributed by atoms with Crippen LogP contribution in [0.4, 0.5) is 10.5 Å². The zero-order valence-electron chi connectivity index (χ0n) is 13.3. The molecule has 0 fully saturated rings. The maximum absolute atomic E-state index is 12.3. The van der Waals surface area contributed by atoms with Crippen LogP contribution in [-0.4, -0.2) is 30.9 Å². The number of halogens is 2. The number of carbonyl (C=O) groups is 2. The number of anilines is 1. The smallest absolute Gasteiger partial charge is 0.321 e. The monoisotopic (exact) mass is 409 g/mol. The van der Waals surface area contributed by atoms with E-state index in [1.807, 2.05) is 24.3 Å². The van der Waals surface area contributed by atoms with Gasteiger partial charge in [0.15, 0.2) is 0 Å². The summed E-state index contributed by atoms with van der Waals surface area (Å²) in [6, 6.07) is 12.2. The van der Waals surface area contributed by atoms with Crippen molar-refractivity contribution >= 4 is 45.2 Å². The van der Waals surface area contributed by atoms with E-state index in [1.165, 1.54) is 7.05 Å². The molecular formula is C17H17BrClN3O2. The summed E-state index contributed by atoms with van der Waals surface area (Å²) in [6.45, 7) is 0.456. The van der Waals surface area contributed by atoms with Crippen molar-refractivity contribution in [2.24, 2.45) is 0 Å². The summed E-state index contributed by atoms with van der Waals surface area (Å²) < 4.78 is 0.947. The Morgan fingerprint density at radius 3 is 2.54 bits per heavy atom. The molecule has 0 bridgehead atoms. The number of amides is 3. The molecule has 0 saturated heterocycles. The molecule has 0 aromatic heterocycles. The largest absolute Gasteiger partial charge is 0.355 e. The molecule has 2 rings (SSSR count). The Morgan fingerprint density at radius 2 is 1.92 bits per heavy atom. The van der Waals surface area contributed by atoms with Crippen molar-refractivity contribution in [2.45, 2.75) is 6.54 Å². The summed E-state index contributed by atoms with van der Waals surface area (Å²) in [5.74, 6) is -0.274. The van der Waals surface area contributed by atoms with Crippen LogP contribution < -0.4 is 10.6 Å². The number of rotatable bonds is 4. The van der Waals surface area contributed by atoms with Crippen LogP contribution in [-0.2, 0) is 6.54 Å². The molecule has 0 saturated carbocycles. The van der Waals surface area contributed by atoms with Crippen molar-refractivity contribution in [2.75, 3.05) is 19.4 Å². The second-order valence-corrected chi connectivity index (χ2v) is 6.41. The maximum atomic E-state index is 12.3. The molecule has 0 aliphatic carbocycles. The van der Waals surface area contributed by atoms with Crippen molar-refractivity contribution in [1.82, 2.24) is 10.2 Å². The molecule has 5 nitrogen and oxygen atoms in total. The summed E-state index contributed by atoms with van der Waals surface area (Å²) >= 11 is 9.55. The minimum atomic E-state index is -0.274.